The predicted octanol–water partition coefficient (Wildman–Crippen LogP) is 3.72. The molecule has 6 heteroatoms. The Morgan fingerprint density at radius 2 is 1.85 bits per heavy atom. The quantitative estimate of drug-likeness (QED) is 0.670. The second-order valence-corrected chi connectivity index (χ2v) is 5.95. The molecule has 0 bridgehead atoms. The Bertz CT molecular complexity index is 910. The maximum Gasteiger partial charge on any atom is 0.270 e. The monoisotopic (exact) mass is 362 g/mol. The van der Waals surface area contributed by atoms with E-state index >= 15 is 0 Å². The van der Waals surface area contributed by atoms with E-state index in [9.17, 15) is 4.79 Å². The fraction of sp³-hybridized carbons (Fsp3) is 0.190. The molecule has 0 fully saturated rings. The topological polar surface area (TPSA) is 76.1 Å². The van der Waals surface area contributed by atoms with E-state index in [1.807, 2.05) is 42.5 Å². The van der Waals surface area contributed by atoms with Gasteiger partial charge in [-0.3, -0.25) is 4.79 Å². The average molecular weight is 362 g/mol. The number of amides is 1. The van der Waals surface area contributed by atoms with E-state index in [1.54, 1.807) is 13.2 Å². The summed E-state index contributed by atoms with van der Waals surface area (Å²) in [6.45, 7) is 2.51. The Morgan fingerprint density at radius 3 is 2.59 bits per heavy atom. The van der Waals surface area contributed by atoms with Crippen LogP contribution in [0.2, 0.25) is 0 Å². The highest BCUT2D eigenvalue weighted by Gasteiger charge is 2.09. The molecule has 0 unspecified atom stereocenters. The van der Waals surface area contributed by atoms with Crippen molar-refractivity contribution in [3.8, 4) is 5.75 Å². The third kappa shape index (κ3) is 4.82. The lowest BCUT2D eigenvalue weighted by Gasteiger charge is -2.11. The first-order valence-corrected chi connectivity index (χ1v) is 8.77. The number of hydrogen-bond donors (Lipinski definition) is 2. The standard InChI is InChI=1S/C21H22N4O2/c1-3-16-6-4-5-7-18(16)25-20-12-19(23-14-24-20)21(26)22-13-15-8-10-17(27-2)11-9-15/h4-12,14H,3,13H2,1-2H3,(H,22,26)(H,23,24,25). The summed E-state index contributed by atoms with van der Waals surface area (Å²) in [6.07, 6.45) is 2.29. The lowest BCUT2D eigenvalue weighted by Crippen LogP contribution is -2.24. The molecule has 1 heterocycles. The maximum atomic E-state index is 12.4. The highest BCUT2D eigenvalue weighted by Crippen LogP contribution is 2.20. The molecule has 3 aromatic rings. The number of nitrogens with one attached hydrogen (secondary N) is 2. The van der Waals surface area contributed by atoms with Crippen molar-refractivity contribution < 1.29 is 9.53 Å². The molecule has 3 rings (SSSR count). The van der Waals surface area contributed by atoms with Gasteiger partial charge >= 0.3 is 0 Å². The Kier molecular flexibility index (Phi) is 5.99. The van der Waals surface area contributed by atoms with Crippen molar-refractivity contribution >= 4 is 17.4 Å². The van der Waals surface area contributed by atoms with Crippen LogP contribution in [0.1, 0.15) is 28.5 Å². The number of anilines is 2. The van der Waals surface area contributed by atoms with E-state index in [0.29, 0.717) is 18.1 Å². The number of benzene rings is 2. The third-order valence-corrected chi connectivity index (χ3v) is 4.17. The number of carbonyl (C=O) groups is 1. The number of carbonyl (C=O) groups excluding carboxylic acids is 1. The van der Waals surface area contributed by atoms with Gasteiger partial charge in [-0.1, -0.05) is 37.3 Å². The third-order valence-electron chi connectivity index (χ3n) is 4.17. The van der Waals surface area contributed by atoms with E-state index in [0.717, 1.165) is 23.4 Å². The number of para-hydroxylation sites is 1. The number of nitrogens with zero attached hydrogens (tertiary/aromatic N) is 2. The summed E-state index contributed by atoms with van der Waals surface area (Å²) in [4.78, 5) is 20.7. The van der Waals surface area contributed by atoms with Crippen molar-refractivity contribution in [2.24, 2.45) is 0 Å². The fourth-order valence-corrected chi connectivity index (χ4v) is 2.65. The van der Waals surface area contributed by atoms with E-state index in [4.69, 9.17) is 4.74 Å². The summed E-state index contributed by atoms with van der Waals surface area (Å²) in [6, 6.07) is 17.2. The minimum Gasteiger partial charge on any atom is -0.497 e. The molecule has 0 atom stereocenters. The first kappa shape index (κ1) is 18.4. The van der Waals surface area contributed by atoms with Crippen LogP contribution in [0.5, 0.6) is 5.75 Å². The van der Waals surface area contributed by atoms with E-state index in [1.165, 1.54) is 11.9 Å². The van der Waals surface area contributed by atoms with Crippen molar-refractivity contribution in [3.05, 3.63) is 77.7 Å². The minimum absolute atomic E-state index is 0.250. The van der Waals surface area contributed by atoms with Crippen LogP contribution < -0.4 is 15.4 Å². The molecule has 0 aliphatic rings. The zero-order chi connectivity index (χ0) is 19.1. The van der Waals surface area contributed by atoms with Gasteiger partial charge in [0.25, 0.3) is 5.91 Å². The van der Waals surface area contributed by atoms with Crippen LogP contribution in [0.25, 0.3) is 0 Å². The zero-order valence-corrected chi connectivity index (χ0v) is 15.4. The number of hydrogen-bond acceptors (Lipinski definition) is 5. The summed E-state index contributed by atoms with van der Waals surface area (Å²) in [5, 5.41) is 6.13. The molecule has 0 saturated heterocycles. The van der Waals surface area contributed by atoms with Gasteiger partial charge < -0.3 is 15.4 Å². The molecular formula is C21H22N4O2. The Labute approximate surface area is 158 Å². The van der Waals surface area contributed by atoms with Gasteiger partial charge in [-0.15, -0.1) is 0 Å². The largest absolute Gasteiger partial charge is 0.497 e. The number of aromatic nitrogens is 2. The summed E-state index contributed by atoms with van der Waals surface area (Å²) < 4.78 is 5.13. The molecule has 138 valence electrons. The molecule has 6 nitrogen and oxygen atoms in total. The second-order valence-electron chi connectivity index (χ2n) is 5.95. The smallest absolute Gasteiger partial charge is 0.270 e. The maximum absolute atomic E-state index is 12.4. The second kappa shape index (κ2) is 8.80. The first-order chi connectivity index (χ1) is 13.2. The molecule has 2 aromatic carbocycles. The summed E-state index contributed by atoms with van der Waals surface area (Å²) in [5.74, 6) is 1.12. The van der Waals surface area contributed by atoms with Gasteiger partial charge in [0.05, 0.1) is 7.11 Å². The summed E-state index contributed by atoms with van der Waals surface area (Å²) in [7, 11) is 1.62. The molecule has 1 amide bonds. The Hall–Kier alpha value is -3.41. The van der Waals surface area contributed by atoms with Gasteiger partial charge in [0.2, 0.25) is 0 Å². The molecule has 0 aliphatic carbocycles. The van der Waals surface area contributed by atoms with Crippen molar-refractivity contribution in [1.82, 2.24) is 15.3 Å². The average Bonchev–Trinajstić information content (AvgIpc) is 2.73. The van der Waals surface area contributed by atoms with E-state index in [-0.39, 0.29) is 5.91 Å². The van der Waals surface area contributed by atoms with Crippen LogP contribution in [0.15, 0.2) is 60.9 Å². The van der Waals surface area contributed by atoms with Gasteiger partial charge in [-0.05, 0) is 35.7 Å². The highest BCUT2D eigenvalue weighted by atomic mass is 16.5. The molecule has 1 aromatic heterocycles. The van der Waals surface area contributed by atoms with Crippen molar-refractivity contribution in [3.63, 3.8) is 0 Å². The lowest BCUT2D eigenvalue weighted by molar-refractivity contribution is 0.0946. The molecule has 0 saturated carbocycles. The van der Waals surface area contributed by atoms with Gasteiger partial charge in [0.15, 0.2) is 0 Å². The van der Waals surface area contributed by atoms with Crippen LogP contribution in [-0.4, -0.2) is 23.0 Å². The van der Waals surface area contributed by atoms with E-state index in [2.05, 4.69) is 33.6 Å². The number of aryl methyl sites for hydroxylation is 1. The van der Waals surface area contributed by atoms with Crippen molar-refractivity contribution in [2.45, 2.75) is 19.9 Å². The number of rotatable bonds is 7. The summed E-state index contributed by atoms with van der Waals surface area (Å²) >= 11 is 0. The normalized spacial score (nSPS) is 10.3. The van der Waals surface area contributed by atoms with Crippen molar-refractivity contribution in [1.29, 1.82) is 0 Å². The molecule has 2 N–H and O–H groups in total. The fourth-order valence-electron chi connectivity index (χ4n) is 2.65. The van der Waals surface area contributed by atoms with Gasteiger partial charge in [-0.25, -0.2) is 9.97 Å². The van der Waals surface area contributed by atoms with Crippen LogP contribution in [0.4, 0.5) is 11.5 Å². The summed E-state index contributed by atoms with van der Waals surface area (Å²) in [5.41, 5.74) is 3.45. The zero-order valence-electron chi connectivity index (χ0n) is 15.4. The van der Waals surface area contributed by atoms with E-state index < -0.39 is 0 Å². The van der Waals surface area contributed by atoms with Crippen molar-refractivity contribution in [2.75, 3.05) is 12.4 Å². The Balaban J connectivity index is 1.66. The van der Waals surface area contributed by atoms with Gasteiger partial charge in [0, 0.05) is 18.3 Å². The lowest BCUT2D eigenvalue weighted by atomic mass is 10.1. The molecule has 0 aliphatic heterocycles. The van der Waals surface area contributed by atoms with Crippen LogP contribution in [-0.2, 0) is 13.0 Å². The minimum atomic E-state index is -0.250. The van der Waals surface area contributed by atoms with Gasteiger partial charge in [0.1, 0.15) is 23.6 Å². The predicted molar refractivity (Wildman–Crippen MR) is 105 cm³/mol. The van der Waals surface area contributed by atoms with Crippen LogP contribution in [0.3, 0.4) is 0 Å². The molecule has 27 heavy (non-hydrogen) atoms. The number of methoxy groups -OCH3 is 1. The SMILES string of the molecule is CCc1ccccc1Nc1cc(C(=O)NCc2ccc(OC)cc2)ncn1. The van der Waals surface area contributed by atoms with Gasteiger partial charge in [-0.2, -0.15) is 0 Å². The molecule has 0 radical (unpaired) electrons. The Morgan fingerprint density at radius 1 is 1.07 bits per heavy atom. The molecular weight excluding hydrogens is 340 g/mol. The highest BCUT2D eigenvalue weighted by molar-refractivity contribution is 5.92. The van der Waals surface area contributed by atoms with Crippen LogP contribution in [0, 0.1) is 0 Å². The first-order valence-electron chi connectivity index (χ1n) is 8.77. The molecule has 0 spiro atoms. The van der Waals surface area contributed by atoms with Crippen LogP contribution >= 0.6 is 0 Å². The number of ether oxygens (including phenoxy) is 1.